The number of benzene rings is 3. The van der Waals surface area contributed by atoms with Crippen molar-refractivity contribution in [2.24, 2.45) is 0 Å². The lowest BCUT2D eigenvalue weighted by Gasteiger charge is -2.32. The number of amides is 2. The molecule has 8 nitrogen and oxygen atoms in total. The summed E-state index contributed by atoms with van der Waals surface area (Å²) in [5.74, 6) is -0.165. The number of nitrogens with zero attached hydrogens (tertiary/aromatic N) is 2. The van der Waals surface area contributed by atoms with Crippen molar-refractivity contribution < 1.29 is 22.7 Å². The molecule has 0 aliphatic rings. The maximum Gasteiger partial charge on any atom is 0.264 e. The third-order valence-electron chi connectivity index (χ3n) is 6.60. The van der Waals surface area contributed by atoms with Crippen LogP contribution in [-0.4, -0.2) is 57.4 Å². The van der Waals surface area contributed by atoms with Crippen molar-refractivity contribution in [1.82, 2.24) is 10.2 Å². The van der Waals surface area contributed by atoms with Gasteiger partial charge in [-0.05, 0) is 80.8 Å². The molecule has 3 aromatic rings. The first-order valence-corrected chi connectivity index (χ1v) is 16.0. The summed E-state index contributed by atoms with van der Waals surface area (Å²) in [5, 5.41) is 2.90. The molecular formula is C31H38BrN3O5S. The van der Waals surface area contributed by atoms with Crippen molar-refractivity contribution >= 4 is 43.5 Å². The Balaban J connectivity index is 1.95. The van der Waals surface area contributed by atoms with Gasteiger partial charge in [-0.25, -0.2) is 8.42 Å². The van der Waals surface area contributed by atoms with Crippen LogP contribution in [0.4, 0.5) is 5.69 Å². The molecule has 0 aliphatic carbocycles. The number of nitrogens with one attached hydrogen (secondary N) is 1. The van der Waals surface area contributed by atoms with E-state index in [1.807, 2.05) is 44.2 Å². The number of hydrogen-bond acceptors (Lipinski definition) is 5. The number of hydrogen-bond donors (Lipinski definition) is 1. The summed E-state index contributed by atoms with van der Waals surface area (Å²) in [6, 6.07) is 21.7. The number of rotatable bonds is 15. The van der Waals surface area contributed by atoms with Crippen LogP contribution in [0.2, 0.25) is 0 Å². The van der Waals surface area contributed by atoms with Crippen LogP contribution in [0.3, 0.4) is 0 Å². The van der Waals surface area contributed by atoms with E-state index >= 15 is 0 Å². The van der Waals surface area contributed by atoms with Gasteiger partial charge in [0.25, 0.3) is 10.0 Å². The zero-order chi connectivity index (χ0) is 29.8. The molecule has 0 fully saturated rings. The Morgan fingerprint density at radius 2 is 1.61 bits per heavy atom. The molecule has 2 amide bonds. The number of unbranched alkanes of at least 4 members (excludes halogenated alkanes) is 1. The van der Waals surface area contributed by atoms with Gasteiger partial charge < -0.3 is 15.0 Å². The topological polar surface area (TPSA) is 96.0 Å². The van der Waals surface area contributed by atoms with Crippen molar-refractivity contribution in [3.05, 3.63) is 88.9 Å². The quantitative estimate of drug-likeness (QED) is 0.223. The van der Waals surface area contributed by atoms with E-state index in [0.29, 0.717) is 31.0 Å². The van der Waals surface area contributed by atoms with E-state index in [2.05, 4.69) is 21.2 Å². The zero-order valence-electron chi connectivity index (χ0n) is 23.8. The normalized spacial score (nSPS) is 11.9. The Hall–Kier alpha value is -3.37. The maximum atomic E-state index is 13.9. The van der Waals surface area contributed by atoms with Crippen LogP contribution in [0.15, 0.2) is 88.2 Å². The van der Waals surface area contributed by atoms with E-state index in [1.54, 1.807) is 43.3 Å². The number of sulfonamides is 1. The third-order valence-corrected chi connectivity index (χ3v) is 8.91. The van der Waals surface area contributed by atoms with Gasteiger partial charge in [-0.3, -0.25) is 13.9 Å². The first kappa shape index (κ1) is 32.1. The Morgan fingerprint density at radius 1 is 0.951 bits per heavy atom. The van der Waals surface area contributed by atoms with Crippen LogP contribution in [0.5, 0.6) is 5.75 Å². The van der Waals surface area contributed by atoms with Crippen LogP contribution in [0.25, 0.3) is 0 Å². The predicted octanol–water partition coefficient (Wildman–Crippen LogP) is 5.42. The molecule has 0 aliphatic heterocycles. The molecule has 1 atom stereocenters. The smallest absolute Gasteiger partial charge is 0.264 e. The van der Waals surface area contributed by atoms with Crippen LogP contribution in [0.1, 0.15) is 39.2 Å². The van der Waals surface area contributed by atoms with Gasteiger partial charge in [-0.1, -0.05) is 59.6 Å². The largest absolute Gasteiger partial charge is 0.494 e. The molecule has 0 saturated heterocycles. The number of halogens is 1. The van der Waals surface area contributed by atoms with Crippen LogP contribution >= 0.6 is 15.9 Å². The number of carbonyl (C=O) groups excluding carboxylic acids is 2. The lowest BCUT2D eigenvalue weighted by atomic mass is 10.1. The molecule has 0 radical (unpaired) electrons. The van der Waals surface area contributed by atoms with Crippen molar-refractivity contribution in [2.45, 2.75) is 51.0 Å². The summed E-state index contributed by atoms with van der Waals surface area (Å²) >= 11 is 3.34. The van der Waals surface area contributed by atoms with E-state index < -0.39 is 28.5 Å². The molecule has 0 bridgehead atoms. The van der Waals surface area contributed by atoms with Gasteiger partial charge in [-0.2, -0.15) is 0 Å². The molecule has 0 spiro atoms. The first-order valence-electron chi connectivity index (χ1n) is 13.8. The van der Waals surface area contributed by atoms with Crippen LogP contribution < -0.4 is 14.4 Å². The minimum atomic E-state index is -4.13. The lowest BCUT2D eigenvalue weighted by molar-refractivity contribution is -0.138. The van der Waals surface area contributed by atoms with Crippen molar-refractivity contribution in [1.29, 1.82) is 0 Å². The Labute approximate surface area is 251 Å². The van der Waals surface area contributed by atoms with Crippen molar-refractivity contribution in [3.63, 3.8) is 0 Å². The zero-order valence-corrected chi connectivity index (χ0v) is 26.2. The standard InChI is InChI=1S/C31H38BrN3O5S/c1-4-6-21-33-31(37)24(3)34(22-20-25-10-8-7-9-11-25)30(36)23-35(27-14-16-28(17-15-27)40-5-2)41(38,39)29-18-12-26(32)13-19-29/h7-19,24H,4-6,20-23H2,1-3H3,(H,33,37). The lowest BCUT2D eigenvalue weighted by Crippen LogP contribution is -2.52. The second-order valence-corrected chi connectivity index (χ2v) is 12.3. The summed E-state index contributed by atoms with van der Waals surface area (Å²) < 4.78 is 35.1. The fourth-order valence-corrected chi connectivity index (χ4v) is 5.92. The van der Waals surface area contributed by atoms with E-state index in [0.717, 1.165) is 27.2 Å². The van der Waals surface area contributed by atoms with Gasteiger partial charge in [0, 0.05) is 17.6 Å². The molecule has 1 N–H and O–H groups in total. The highest BCUT2D eigenvalue weighted by molar-refractivity contribution is 9.10. The Bertz CT molecular complexity index is 1370. The molecule has 10 heteroatoms. The van der Waals surface area contributed by atoms with Crippen molar-refractivity contribution in [2.75, 3.05) is 30.5 Å². The van der Waals surface area contributed by atoms with Crippen LogP contribution in [0, 0.1) is 0 Å². The fourth-order valence-electron chi connectivity index (χ4n) is 4.24. The average Bonchev–Trinajstić information content (AvgIpc) is 2.97. The molecule has 1 unspecified atom stereocenters. The van der Waals surface area contributed by atoms with E-state index in [-0.39, 0.29) is 17.3 Å². The molecular weight excluding hydrogens is 606 g/mol. The summed E-state index contributed by atoms with van der Waals surface area (Å²) in [6.07, 6.45) is 2.27. The summed E-state index contributed by atoms with van der Waals surface area (Å²) in [6.45, 7) is 6.32. The monoisotopic (exact) mass is 643 g/mol. The first-order chi connectivity index (χ1) is 19.7. The number of anilines is 1. The van der Waals surface area contributed by atoms with Gasteiger partial charge >= 0.3 is 0 Å². The second kappa shape index (κ2) is 15.6. The molecule has 0 heterocycles. The summed E-state index contributed by atoms with van der Waals surface area (Å²) in [4.78, 5) is 28.5. The van der Waals surface area contributed by atoms with Gasteiger partial charge in [0.1, 0.15) is 18.3 Å². The minimum absolute atomic E-state index is 0.0450. The maximum absolute atomic E-state index is 13.9. The Morgan fingerprint density at radius 3 is 2.22 bits per heavy atom. The molecule has 220 valence electrons. The molecule has 41 heavy (non-hydrogen) atoms. The van der Waals surface area contributed by atoms with Gasteiger partial charge in [0.2, 0.25) is 11.8 Å². The Kier molecular flexibility index (Phi) is 12.2. The average molecular weight is 645 g/mol. The van der Waals surface area contributed by atoms with E-state index in [1.165, 1.54) is 17.0 Å². The summed E-state index contributed by atoms with van der Waals surface area (Å²) in [7, 11) is -4.13. The molecule has 3 rings (SSSR count). The second-order valence-electron chi connectivity index (χ2n) is 9.54. The minimum Gasteiger partial charge on any atom is -0.494 e. The third kappa shape index (κ3) is 9.06. The van der Waals surface area contributed by atoms with Crippen molar-refractivity contribution in [3.8, 4) is 5.75 Å². The summed E-state index contributed by atoms with van der Waals surface area (Å²) in [5.41, 5.74) is 1.32. The number of carbonyl (C=O) groups is 2. The molecule has 0 saturated carbocycles. The highest BCUT2D eigenvalue weighted by Crippen LogP contribution is 2.27. The van der Waals surface area contributed by atoms with Gasteiger partial charge in [0.15, 0.2) is 0 Å². The van der Waals surface area contributed by atoms with Gasteiger partial charge in [-0.15, -0.1) is 0 Å². The number of ether oxygens (including phenoxy) is 1. The predicted molar refractivity (Wildman–Crippen MR) is 166 cm³/mol. The fraction of sp³-hybridized carbons (Fsp3) is 0.355. The van der Waals surface area contributed by atoms with Gasteiger partial charge in [0.05, 0.1) is 17.2 Å². The molecule has 3 aromatic carbocycles. The highest BCUT2D eigenvalue weighted by atomic mass is 79.9. The van der Waals surface area contributed by atoms with E-state index in [4.69, 9.17) is 4.74 Å². The molecule has 0 aromatic heterocycles. The SMILES string of the molecule is CCCCNC(=O)C(C)N(CCc1ccccc1)C(=O)CN(c1ccc(OCC)cc1)S(=O)(=O)c1ccc(Br)cc1. The van der Waals surface area contributed by atoms with E-state index in [9.17, 15) is 18.0 Å². The highest BCUT2D eigenvalue weighted by Gasteiger charge is 2.32. The van der Waals surface area contributed by atoms with Crippen LogP contribution in [-0.2, 0) is 26.0 Å².